The lowest BCUT2D eigenvalue weighted by Gasteiger charge is -2.16. The molecule has 2 N–H and O–H groups in total. The Morgan fingerprint density at radius 2 is 1.72 bits per heavy atom. The van der Waals surface area contributed by atoms with Crippen molar-refractivity contribution in [2.45, 2.75) is 32.8 Å². The second-order valence-corrected chi connectivity index (χ2v) is 6.26. The Labute approximate surface area is 170 Å². The fraction of sp³-hybridized carbons (Fsp3) is 0.364. The molecule has 2 aromatic rings. The number of hydrogen-bond donors (Lipinski definition) is 1. The smallest absolute Gasteiger partial charge is 0.340 e. The highest BCUT2D eigenvalue weighted by Gasteiger charge is 2.17. The van der Waals surface area contributed by atoms with Crippen LogP contribution < -0.4 is 15.2 Å². The van der Waals surface area contributed by atoms with Gasteiger partial charge in [0.1, 0.15) is 6.61 Å². The van der Waals surface area contributed by atoms with Crippen molar-refractivity contribution in [1.29, 1.82) is 0 Å². The van der Waals surface area contributed by atoms with Crippen LogP contribution in [0.3, 0.4) is 0 Å². The highest BCUT2D eigenvalue weighted by Crippen LogP contribution is 2.33. The predicted molar refractivity (Wildman–Crippen MR) is 109 cm³/mol. The van der Waals surface area contributed by atoms with Gasteiger partial charge in [0.05, 0.1) is 31.6 Å². The van der Waals surface area contributed by atoms with Crippen molar-refractivity contribution >= 4 is 17.6 Å². The molecule has 0 radical (unpaired) electrons. The second kappa shape index (κ2) is 11.6. The average Bonchev–Trinajstić information content (AvgIpc) is 2.73. The first-order chi connectivity index (χ1) is 14.0. The van der Waals surface area contributed by atoms with Crippen LogP contribution in [0.5, 0.6) is 11.5 Å². The minimum Gasteiger partial charge on any atom is -0.490 e. The molecule has 0 spiro atoms. The van der Waals surface area contributed by atoms with Crippen LogP contribution in [-0.4, -0.2) is 32.3 Å². The van der Waals surface area contributed by atoms with E-state index in [2.05, 4.69) is 4.74 Å². The van der Waals surface area contributed by atoms with Gasteiger partial charge in [0.25, 0.3) is 0 Å². The summed E-state index contributed by atoms with van der Waals surface area (Å²) in [5, 5.41) is 0. The molecule has 2 aromatic carbocycles. The summed E-state index contributed by atoms with van der Waals surface area (Å²) in [6.45, 7) is 2.65. The number of anilines is 1. The molecule has 0 aliphatic heterocycles. The molecule has 29 heavy (non-hydrogen) atoms. The van der Waals surface area contributed by atoms with Gasteiger partial charge in [0, 0.05) is 18.6 Å². The summed E-state index contributed by atoms with van der Waals surface area (Å²) in [5.74, 6) is 0.0627. The Balaban J connectivity index is 2.10. The van der Waals surface area contributed by atoms with Crippen molar-refractivity contribution < 1.29 is 28.5 Å². The SMILES string of the molecule is CCOC(=O)c1cc(OCCCCC(=O)OC)c(OCc2ccccc2)cc1N. The Kier molecular flexibility index (Phi) is 8.82. The minimum atomic E-state index is -0.518. The lowest BCUT2D eigenvalue weighted by Crippen LogP contribution is -2.10. The predicted octanol–water partition coefficient (Wildman–Crippen LogP) is 3.75. The van der Waals surface area contributed by atoms with Crippen molar-refractivity contribution in [1.82, 2.24) is 0 Å². The van der Waals surface area contributed by atoms with Gasteiger partial charge < -0.3 is 24.7 Å². The minimum absolute atomic E-state index is 0.225. The number of rotatable bonds is 11. The summed E-state index contributed by atoms with van der Waals surface area (Å²) in [5.41, 5.74) is 7.50. The maximum atomic E-state index is 12.1. The van der Waals surface area contributed by atoms with Crippen molar-refractivity contribution in [2.75, 3.05) is 26.1 Å². The zero-order chi connectivity index (χ0) is 21.1. The molecule has 0 aliphatic carbocycles. The number of methoxy groups -OCH3 is 1. The van der Waals surface area contributed by atoms with Crippen LogP contribution >= 0.6 is 0 Å². The first kappa shape index (κ1) is 22.1. The van der Waals surface area contributed by atoms with Gasteiger partial charge >= 0.3 is 11.9 Å². The molecule has 7 nitrogen and oxygen atoms in total. The molecule has 0 heterocycles. The third-order valence-electron chi connectivity index (χ3n) is 4.11. The number of unbranched alkanes of at least 4 members (excludes halogenated alkanes) is 1. The van der Waals surface area contributed by atoms with Crippen LogP contribution in [0, 0.1) is 0 Å². The Hall–Kier alpha value is -3.22. The number of carbonyl (C=O) groups excluding carboxylic acids is 2. The third kappa shape index (κ3) is 7.03. The van der Waals surface area contributed by atoms with E-state index >= 15 is 0 Å². The maximum absolute atomic E-state index is 12.1. The monoisotopic (exact) mass is 401 g/mol. The van der Waals surface area contributed by atoms with E-state index < -0.39 is 5.97 Å². The van der Waals surface area contributed by atoms with Gasteiger partial charge in [-0.1, -0.05) is 30.3 Å². The molecule has 7 heteroatoms. The zero-order valence-electron chi connectivity index (χ0n) is 16.8. The molecule has 0 unspecified atom stereocenters. The van der Waals surface area contributed by atoms with Crippen molar-refractivity contribution in [2.24, 2.45) is 0 Å². The van der Waals surface area contributed by atoms with E-state index in [1.165, 1.54) is 13.2 Å². The van der Waals surface area contributed by atoms with Gasteiger partial charge in [-0.3, -0.25) is 4.79 Å². The number of benzene rings is 2. The summed E-state index contributed by atoms with van der Waals surface area (Å²) in [7, 11) is 1.36. The number of ether oxygens (including phenoxy) is 4. The zero-order valence-corrected chi connectivity index (χ0v) is 16.8. The molecule has 0 bridgehead atoms. The molecule has 0 fully saturated rings. The number of carbonyl (C=O) groups is 2. The quantitative estimate of drug-likeness (QED) is 0.348. The molecule has 0 saturated heterocycles. The van der Waals surface area contributed by atoms with Gasteiger partial charge in [0.15, 0.2) is 11.5 Å². The Morgan fingerprint density at radius 3 is 2.41 bits per heavy atom. The number of esters is 2. The lowest BCUT2D eigenvalue weighted by molar-refractivity contribution is -0.140. The summed E-state index contributed by atoms with van der Waals surface area (Å²) in [4.78, 5) is 23.3. The van der Waals surface area contributed by atoms with Crippen molar-refractivity contribution in [3.63, 3.8) is 0 Å². The maximum Gasteiger partial charge on any atom is 0.340 e. The molecule has 2 rings (SSSR count). The van der Waals surface area contributed by atoms with Gasteiger partial charge in [-0.05, 0) is 25.3 Å². The lowest BCUT2D eigenvalue weighted by atomic mass is 10.1. The van der Waals surface area contributed by atoms with Crippen LogP contribution in [0.2, 0.25) is 0 Å². The fourth-order valence-electron chi connectivity index (χ4n) is 2.58. The van der Waals surface area contributed by atoms with E-state index in [0.29, 0.717) is 44.0 Å². The third-order valence-corrected chi connectivity index (χ3v) is 4.11. The standard InChI is InChI=1S/C22H27NO6/c1-3-27-22(25)17-13-19(28-12-8-7-11-21(24)26-2)20(14-18(17)23)29-15-16-9-5-4-6-10-16/h4-6,9-10,13-14H,3,7-8,11-12,15,23H2,1-2H3. The van der Waals surface area contributed by atoms with E-state index in [1.54, 1.807) is 13.0 Å². The Morgan fingerprint density at radius 1 is 1.00 bits per heavy atom. The highest BCUT2D eigenvalue weighted by molar-refractivity contribution is 5.96. The van der Waals surface area contributed by atoms with Crippen molar-refractivity contribution in [3.8, 4) is 11.5 Å². The van der Waals surface area contributed by atoms with E-state index in [0.717, 1.165) is 5.56 Å². The molecule has 156 valence electrons. The van der Waals surface area contributed by atoms with Crippen molar-refractivity contribution in [3.05, 3.63) is 53.6 Å². The number of hydrogen-bond acceptors (Lipinski definition) is 7. The van der Waals surface area contributed by atoms with Crippen LogP contribution in [0.1, 0.15) is 42.1 Å². The highest BCUT2D eigenvalue weighted by atomic mass is 16.5. The number of nitrogen functional groups attached to an aromatic ring is 1. The molecular weight excluding hydrogens is 374 g/mol. The van der Waals surface area contributed by atoms with Gasteiger partial charge in [-0.2, -0.15) is 0 Å². The molecule has 0 aromatic heterocycles. The number of nitrogens with two attached hydrogens (primary N) is 1. The molecular formula is C22H27NO6. The van der Waals surface area contributed by atoms with E-state index in [1.807, 2.05) is 30.3 Å². The Bertz CT molecular complexity index is 806. The second-order valence-electron chi connectivity index (χ2n) is 6.26. The topological polar surface area (TPSA) is 97.1 Å². The summed E-state index contributed by atoms with van der Waals surface area (Å²) < 4.78 is 21.4. The van der Waals surface area contributed by atoms with Crippen LogP contribution in [0.25, 0.3) is 0 Å². The van der Waals surface area contributed by atoms with E-state index in [-0.39, 0.29) is 23.8 Å². The molecule has 0 saturated carbocycles. The summed E-state index contributed by atoms with van der Waals surface area (Å²) in [6, 6.07) is 12.8. The van der Waals surface area contributed by atoms with Gasteiger partial charge in [-0.25, -0.2) is 4.79 Å². The largest absolute Gasteiger partial charge is 0.490 e. The van der Waals surface area contributed by atoms with Gasteiger partial charge in [-0.15, -0.1) is 0 Å². The molecule has 0 atom stereocenters. The fourth-order valence-corrected chi connectivity index (χ4v) is 2.58. The van der Waals surface area contributed by atoms with Crippen LogP contribution in [-0.2, 0) is 20.9 Å². The van der Waals surface area contributed by atoms with Gasteiger partial charge in [0.2, 0.25) is 0 Å². The van der Waals surface area contributed by atoms with Crippen LogP contribution in [0.4, 0.5) is 5.69 Å². The van der Waals surface area contributed by atoms with Crippen LogP contribution in [0.15, 0.2) is 42.5 Å². The molecule has 0 aliphatic rings. The summed E-state index contributed by atoms with van der Waals surface area (Å²) in [6.07, 6.45) is 1.60. The molecule has 0 amide bonds. The average molecular weight is 401 g/mol. The first-order valence-corrected chi connectivity index (χ1v) is 9.52. The normalized spacial score (nSPS) is 10.3. The summed E-state index contributed by atoms with van der Waals surface area (Å²) >= 11 is 0. The van der Waals surface area contributed by atoms with E-state index in [4.69, 9.17) is 19.9 Å². The first-order valence-electron chi connectivity index (χ1n) is 9.52. The van der Waals surface area contributed by atoms with E-state index in [9.17, 15) is 9.59 Å².